The predicted octanol–water partition coefficient (Wildman–Crippen LogP) is 2.62. The highest BCUT2D eigenvalue weighted by Crippen LogP contribution is 2.24. The van der Waals surface area contributed by atoms with Gasteiger partial charge in [0.25, 0.3) is 0 Å². The summed E-state index contributed by atoms with van der Waals surface area (Å²) in [6.45, 7) is 1.92. The fourth-order valence-electron chi connectivity index (χ4n) is 1.55. The van der Waals surface area contributed by atoms with Crippen molar-refractivity contribution in [3.05, 3.63) is 30.0 Å². The van der Waals surface area contributed by atoms with Gasteiger partial charge in [-0.3, -0.25) is 0 Å². The van der Waals surface area contributed by atoms with Gasteiger partial charge in [-0.05, 0) is 44.0 Å². The summed E-state index contributed by atoms with van der Waals surface area (Å²) in [6.07, 6.45) is 2.47. The lowest BCUT2D eigenvalue weighted by atomic mass is 10.3. The van der Waals surface area contributed by atoms with Gasteiger partial charge in [0, 0.05) is 6.04 Å². The van der Waals surface area contributed by atoms with E-state index in [1.54, 1.807) is 0 Å². The van der Waals surface area contributed by atoms with E-state index in [0.29, 0.717) is 6.04 Å². The lowest BCUT2D eigenvalue weighted by Crippen LogP contribution is -2.03. The van der Waals surface area contributed by atoms with Crippen LogP contribution in [-0.4, -0.2) is 16.2 Å². The number of rotatable bonds is 3. The second kappa shape index (κ2) is 3.63. The standard InChI is InChI=1S/C12H13N3O/c1-8-2-6-11(16-8)10-5-7-12(15-14-10)13-9-3-4-9/h2,5-7,9H,3-4H2,1H3,(H,13,15). The molecule has 0 amide bonds. The zero-order valence-corrected chi connectivity index (χ0v) is 9.10. The molecule has 0 aliphatic heterocycles. The first-order valence-electron chi connectivity index (χ1n) is 5.48. The number of hydrogen-bond acceptors (Lipinski definition) is 4. The maximum absolute atomic E-state index is 5.48. The second-order valence-electron chi connectivity index (χ2n) is 4.13. The van der Waals surface area contributed by atoms with E-state index in [4.69, 9.17) is 4.42 Å². The average Bonchev–Trinajstić information content (AvgIpc) is 3.00. The van der Waals surface area contributed by atoms with Gasteiger partial charge in [-0.2, -0.15) is 0 Å². The molecule has 1 aliphatic rings. The monoisotopic (exact) mass is 215 g/mol. The molecule has 0 spiro atoms. The molecule has 2 heterocycles. The minimum atomic E-state index is 0.603. The molecule has 0 unspecified atom stereocenters. The topological polar surface area (TPSA) is 51.0 Å². The first-order chi connectivity index (χ1) is 7.81. The molecule has 1 N–H and O–H groups in total. The number of nitrogens with one attached hydrogen (secondary N) is 1. The van der Waals surface area contributed by atoms with Crippen LogP contribution < -0.4 is 5.32 Å². The van der Waals surface area contributed by atoms with E-state index in [2.05, 4.69) is 15.5 Å². The van der Waals surface area contributed by atoms with Crippen molar-refractivity contribution in [3.8, 4) is 11.5 Å². The Labute approximate surface area is 93.7 Å². The molecule has 1 aliphatic carbocycles. The van der Waals surface area contributed by atoms with E-state index < -0.39 is 0 Å². The lowest BCUT2D eigenvalue weighted by molar-refractivity contribution is 0.545. The van der Waals surface area contributed by atoms with Crippen molar-refractivity contribution < 1.29 is 4.42 Å². The Balaban J connectivity index is 1.80. The zero-order valence-electron chi connectivity index (χ0n) is 9.10. The summed E-state index contributed by atoms with van der Waals surface area (Å²) in [7, 11) is 0. The van der Waals surface area contributed by atoms with Crippen molar-refractivity contribution in [3.63, 3.8) is 0 Å². The molecule has 82 valence electrons. The first kappa shape index (κ1) is 9.39. The third-order valence-electron chi connectivity index (χ3n) is 2.59. The van der Waals surface area contributed by atoms with Crippen LogP contribution in [0.5, 0.6) is 0 Å². The first-order valence-corrected chi connectivity index (χ1v) is 5.48. The van der Waals surface area contributed by atoms with Crippen molar-refractivity contribution in [1.29, 1.82) is 0 Å². The van der Waals surface area contributed by atoms with Crippen molar-refractivity contribution in [1.82, 2.24) is 10.2 Å². The van der Waals surface area contributed by atoms with Crippen LogP contribution in [-0.2, 0) is 0 Å². The molecule has 0 atom stereocenters. The third kappa shape index (κ3) is 1.91. The van der Waals surface area contributed by atoms with Gasteiger partial charge in [0.15, 0.2) is 5.76 Å². The maximum atomic E-state index is 5.48. The van der Waals surface area contributed by atoms with Gasteiger partial charge in [-0.15, -0.1) is 10.2 Å². The number of hydrogen-bond donors (Lipinski definition) is 1. The van der Waals surface area contributed by atoms with E-state index in [1.807, 2.05) is 31.2 Å². The Bertz CT molecular complexity index is 485. The van der Waals surface area contributed by atoms with Gasteiger partial charge < -0.3 is 9.73 Å². The summed E-state index contributed by atoms with van der Waals surface area (Å²) < 4.78 is 5.48. The van der Waals surface area contributed by atoms with E-state index in [0.717, 1.165) is 23.0 Å². The smallest absolute Gasteiger partial charge is 0.154 e. The summed E-state index contributed by atoms with van der Waals surface area (Å²) >= 11 is 0. The van der Waals surface area contributed by atoms with Crippen LogP contribution in [0, 0.1) is 6.92 Å². The Morgan fingerprint density at radius 1 is 1.19 bits per heavy atom. The van der Waals surface area contributed by atoms with Crippen LogP contribution in [0.25, 0.3) is 11.5 Å². The molecule has 1 saturated carbocycles. The third-order valence-corrected chi connectivity index (χ3v) is 2.59. The van der Waals surface area contributed by atoms with Crippen LogP contribution >= 0.6 is 0 Å². The molecule has 0 aromatic carbocycles. The normalized spacial score (nSPS) is 15.1. The highest BCUT2D eigenvalue weighted by Gasteiger charge is 2.21. The minimum absolute atomic E-state index is 0.603. The highest BCUT2D eigenvalue weighted by atomic mass is 16.3. The fourth-order valence-corrected chi connectivity index (χ4v) is 1.55. The lowest BCUT2D eigenvalue weighted by Gasteiger charge is -2.02. The average molecular weight is 215 g/mol. The molecular formula is C12H13N3O. The molecule has 0 bridgehead atoms. The molecule has 4 heteroatoms. The van der Waals surface area contributed by atoms with Gasteiger partial charge in [-0.25, -0.2) is 0 Å². The van der Waals surface area contributed by atoms with Gasteiger partial charge in [0.2, 0.25) is 0 Å². The van der Waals surface area contributed by atoms with Crippen LogP contribution in [0.4, 0.5) is 5.82 Å². The molecule has 0 saturated heterocycles. The number of aryl methyl sites for hydroxylation is 1. The van der Waals surface area contributed by atoms with Crippen molar-refractivity contribution in [2.45, 2.75) is 25.8 Å². The molecule has 4 nitrogen and oxygen atoms in total. The van der Waals surface area contributed by atoms with Crippen molar-refractivity contribution in [2.24, 2.45) is 0 Å². The number of furan rings is 1. The number of aromatic nitrogens is 2. The van der Waals surface area contributed by atoms with Gasteiger partial charge in [-0.1, -0.05) is 0 Å². The second-order valence-corrected chi connectivity index (χ2v) is 4.13. The Kier molecular flexibility index (Phi) is 2.13. The molecule has 2 aromatic heterocycles. The molecule has 16 heavy (non-hydrogen) atoms. The van der Waals surface area contributed by atoms with E-state index >= 15 is 0 Å². The van der Waals surface area contributed by atoms with Gasteiger partial charge in [0.1, 0.15) is 17.3 Å². The number of nitrogens with zero attached hydrogens (tertiary/aromatic N) is 2. The van der Waals surface area contributed by atoms with E-state index in [1.165, 1.54) is 12.8 Å². The van der Waals surface area contributed by atoms with Gasteiger partial charge >= 0.3 is 0 Å². The SMILES string of the molecule is Cc1ccc(-c2ccc(NC3CC3)nn2)o1. The minimum Gasteiger partial charge on any atom is -0.460 e. The molecule has 0 radical (unpaired) electrons. The maximum Gasteiger partial charge on any atom is 0.154 e. The van der Waals surface area contributed by atoms with Crippen molar-refractivity contribution >= 4 is 5.82 Å². The highest BCUT2D eigenvalue weighted by molar-refractivity contribution is 5.53. The fraction of sp³-hybridized carbons (Fsp3) is 0.333. The van der Waals surface area contributed by atoms with Crippen LogP contribution in [0.3, 0.4) is 0 Å². The summed E-state index contributed by atoms with van der Waals surface area (Å²) in [5.41, 5.74) is 0.773. The van der Waals surface area contributed by atoms with Gasteiger partial charge in [0.05, 0.1) is 0 Å². The predicted molar refractivity (Wildman–Crippen MR) is 61.1 cm³/mol. The van der Waals surface area contributed by atoms with E-state index in [-0.39, 0.29) is 0 Å². The Morgan fingerprint density at radius 3 is 2.62 bits per heavy atom. The molecule has 1 fully saturated rings. The van der Waals surface area contributed by atoms with E-state index in [9.17, 15) is 0 Å². The Morgan fingerprint density at radius 2 is 2.06 bits per heavy atom. The van der Waals surface area contributed by atoms with Crippen LogP contribution in [0.1, 0.15) is 18.6 Å². The summed E-state index contributed by atoms with van der Waals surface area (Å²) in [5, 5.41) is 11.6. The summed E-state index contributed by atoms with van der Waals surface area (Å²) in [5.74, 6) is 2.49. The van der Waals surface area contributed by atoms with Crippen LogP contribution in [0.2, 0.25) is 0 Å². The molecule has 3 rings (SSSR count). The largest absolute Gasteiger partial charge is 0.460 e. The zero-order chi connectivity index (χ0) is 11.0. The molecule has 2 aromatic rings. The summed E-state index contributed by atoms with van der Waals surface area (Å²) in [6, 6.07) is 8.31. The number of anilines is 1. The molecular weight excluding hydrogens is 202 g/mol. The van der Waals surface area contributed by atoms with Crippen LogP contribution in [0.15, 0.2) is 28.7 Å². The summed E-state index contributed by atoms with van der Waals surface area (Å²) in [4.78, 5) is 0. The quantitative estimate of drug-likeness (QED) is 0.855. The Hall–Kier alpha value is -1.84. The van der Waals surface area contributed by atoms with Crippen molar-refractivity contribution in [2.75, 3.05) is 5.32 Å².